The number of ether oxygens (including phenoxy) is 1. The van der Waals surface area contributed by atoms with Crippen molar-refractivity contribution < 1.29 is 13.9 Å². The Kier molecular flexibility index (Phi) is 3.20. The molecule has 2 N–H and O–H groups in total. The minimum absolute atomic E-state index is 0.135. The molecule has 0 radical (unpaired) electrons. The Bertz CT molecular complexity index is 603. The van der Waals surface area contributed by atoms with Gasteiger partial charge < -0.3 is 9.15 Å². The molecule has 0 atom stereocenters. The number of esters is 1. The van der Waals surface area contributed by atoms with Crippen LogP contribution in [0.2, 0.25) is 0 Å². The summed E-state index contributed by atoms with van der Waals surface area (Å²) in [7, 11) is 0. The van der Waals surface area contributed by atoms with Gasteiger partial charge in [0.15, 0.2) is 0 Å². The van der Waals surface area contributed by atoms with Gasteiger partial charge in [0, 0.05) is 10.9 Å². The fourth-order valence-corrected chi connectivity index (χ4v) is 1.53. The van der Waals surface area contributed by atoms with E-state index in [2.05, 4.69) is 4.74 Å². The molecule has 0 fully saturated rings. The van der Waals surface area contributed by atoms with E-state index in [4.69, 9.17) is 10.2 Å². The van der Waals surface area contributed by atoms with Gasteiger partial charge in [-0.2, -0.15) is 0 Å². The minimum atomic E-state index is -0.546. The van der Waals surface area contributed by atoms with E-state index in [0.717, 1.165) is 5.39 Å². The Hall–Kier alpha value is -2.14. The van der Waals surface area contributed by atoms with Crippen LogP contribution in [0.4, 0.5) is 0 Å². The summed E-state index contributed by atoms with van der Waals surface area (Å²) in [6.07, 6.45) is -0.135. The van der Waals surface area contributed by atoms with Gasteiger partial charge >= 0.3 is 11.6 Å². The van der Waals surface area contributed by atoms with E-state index >= 15 is 0 Å². The first kappa shape index (κ1) is 11.3. The van der Waals surface area contributed by atoms with Crippen molar-refractivity contribution in [2.45, 2.75) is 6.42 Å². The largest absolute Gasteiger partial charge is 0.450 e. The van der Waals surface area contributed by atoms with Gasteiger partial charge in [-0.1, -0.05) is 18.2 Å². The van der Waals surface area contributed by atoms with Crippen LogP contribution in [0.1, 0.15) is 5.56 Å². The highest BCUT2D eigenvalue weighted by Crippen LogP contribution is 2.12. The van der Waals surface area contributed by atoms with Crippen molar-refractivity contribution in [2.24, 2.45) is 5.73 Å². The third kappa shape index (κ3) is 2.51. The molecular weight excluding hydrogens is 222 g/mol. The average Bonchev–Trinajstić information content (AvgIpc) is 2.30. The van der Waals surface area contributed by atoms with E-state index in [1.165, 1.54) is 0 Å². The molecule has 88 valence electrons. The number of fused-ring (bicyclic) bond motifs is 1. The molecule has 0 aliphatic heterocycles. The van der Waals surface area contributed by atoms with Crippen LogP contribution in [0.15, 0.2) is 39.5 Å². The maximum Gasteiger partial charge on any atom is 0.340 e. The lowest BCUT2D eigenvalue weighted by Gasteiger charge is -2.02. The molecule has 0 saturated heterocycles. The fraction of sp³-hybridized carbons (Fsp3) is 0.167. The summed E-state index contributed by atoms with van der Waals surface area (Å²) < 4.78 is 9.65. The summed E-state index contributed by atoms with van der Waals surface area (Å²) in [5.41, 5.74) is 5.30. The van der Waals surface area contributed by atoms with Crippen molar-refractivity contribution in [3.63, 3.8) is 0 Å². The van der Waals surface area contributed by atoms with Gasteiger partial charge in [0.05, 0.1) is 6.42 Å². The lowest BCUT2D eigenvalue weighted by atomic mass is 10.1. The standard InChI is InChI=1S/C12H11NO4/c13-7-16-11(14)6-9-5-8-3-1-2-4-10(8)17-12(9)15/h1-5H,6-7,13H2. The van der Waals surface area contributed by atoms with E-state index in [-0.39, 0.29) is 18.7 Å². The Balaban J connectivity index is 2.37. The molecule has 5 heteroatoms. The molecule has 0 aliphatic carbocycles. The molecule has 2 aromatic rings. The topological polar surface area (TPSA) is 82.5 Å². The number of hydrogen-bond acceptors (Lipinski definition) is 5. The summed E-state index contributed by atoms with van der Waals surface area (Å²) >= 11 is 0. The van der Waals surface area contributed by atoms with Crippen molar-refractivity contribution in [3.8, 4) is 0 Å². The first-order valence-electron chi connectivity index (χ1n) is 5.08. The van der Waals surface area contributed by atoms with Crippen LogP contribution < -0.4 is 11.4 Å². The number of nitrogens with two attached hydrogens (primary N) is 1. The molecule has 1 aromatic carbocycles. The molecule has 17 heavy (non-hydrogen) atoms. The van der Waals surface area contributed by atoms with Crippen molar-refractivity contribution in [2.75, 3.05) is 6.73 Å². The summed E-state index contributed by atoms with van der Waals surface area (Å²) in [6.45, 7) is -0.197. The average molecular weight is 233 g/mol. The van der Waals surface area contributed by atoms with Gasteiger partial charge in [-0.05, 0) is 12.1 Å². The Labute approximate surface area is 96.8 Å². The Morgan fingerprint density at radius 1 is 1.35 bits per heavy atom. The molecule has 2 rings (SSSR count). The van der Waals surface area contributed by atoms with Crippen LogP contribution in [-0.2, 0) is 16.0 Å². The molecule has 0 unspecified atom stereocenters. The Morgan fingerprint density at radius 2 is 2.12 bits per heavy atom. The maximum absolute atomic E-state index is 11.6. The molecule has 1 aromatic heterocycles. The summed E-state index contributed by atoms with van der Waals surface area (Å²) in [6, 6.07) is 8.71. The highest BCUT2D eigenvalue weighted by Gasteiger charge is 2.10. The number of rotatable bonds is 3. The number of benzene rings is 1. The summed E-state index contributed by atoms with van der Waals surface area (Å²) in [5, 5.41) is 0.766. The van der Waals surface area contributed by atoms with Gasteiger partial charge in [0.2, 0.25) is 0 Å². The van der Waals surface area contributed by atoms with Gasteiger partial charge in [-0.3, -0.25) is 10.5 Å². The predicted molar refractivity (Wildman–Crippen MR) is 61.3 cm³/mol. The van der Waals surface area contributed by atoms with Crippen LogP contribution in [0.3, 0.4) is 0 Å². The van der Waals surface area contributed by atoms with Crippen LogP contribution in [0, 0.1) is 0 Å². The second-order valence-electron chi connectivity index (χ2n) is 3.46. The van der Waals surface area contributed by atoms with Gasteiger partial charge in [-0.15, -0.1) is 0 Å². The molecule has 0 aliphatic rings. The number of carbonyl (C=O) groups is 1. The maximum atomic E-state index is 11.6. The molecule has 1 heterocycles. The van der Waals surface area contributed by atoms with Gasteiger partial charge in [0.25, 0.3) is 0 Å². The SMILES string of the molecule is NCOC(=O)Cc1cc2ccccc2oc1=O. The fourth-order valence-electron chi connectivity index (χ4n) is 1.53. The monoisotopic (exact) mass is 233 g/mol. The van der Waals surface area contributed by atoms with E-state index in [0.29, 0.717) is 5.58 Å². The molecule has 0 bridgehead atoms. The second kappa shape index (κ2) is 4.80. The molecule has 0 saturated carbocycles. The third-order valence-corrected chi connectivity index (χ3v) is 2.29. The molecule has 0 spiro atoms. The van der Waals surface area contributed by atoms with Crippen molar-refractivity contribution in [1.82, 2.24) is 0 Å². The lowest BCUT2D eigenvalue weighted by molar-refractivity contribution is -0.142. The zero-order valence-corrected chi connectivity index (χ0v) is 9.01. The van der Waals surface area contributed by atoms with Crippen molar-refractivity contribution in [3.05, 3.63) is 46.3 Å². The first-order chi connectivity index (χ1) is 8.20. The summed E-state index contributed by atoms with van der Waals surface area (Å²) in [5.74, 6) is -0.546. The Morgan fingerprint density at radius 3 is 2.88 bits per heavy atom. The second-order valence-corrected chi connectivity index (χ2v) is 3.46. The van der Waals surface area contributed by atoms with Crippen molar-refractivity contribution >= 4 is 16.9 Å². The lowest BCUT2D eigenvalue weighted by Crippen LogP contribution is -2.18. The van der Waals surface area contributed by atoms with Crippen LogP contribution in [-0.4, -0.2) is 12.7 Å². The normalized spacial score (nSPS) is 10.4. The number of carbonyl (C=O) groups excluding carboxylic acids is 1. The molecule has 0 amide bonds. The predicted octanol–water partition coefficient (Wildman–Crippen LogP) is 0.795. The van der Waals surface area contributed by atoms with E-state index < -0.39 is 11.6 Å². The molecular formula is C12H11NO4. The third-order valence-electron chi connectivity index (χ3n) is 2.29. The molecule has 5 nitrogen and oxygen atoms in total. The zero-order chi connectivity index (χ0) is 12.3. The van der Waals surface area contributed by atoms with E-state index in [9.17, 15) is 9.59 Å². The van der Waals surface area contributed by atoms with Crippen molar-refractivity contribution in [1.29, 1.82) is 0 Å². The van der Waals surface area contributed by atoms with Gasteiger partial charge in [-0.25, -0.2) is 4.79 Å². The highest BCUT2D eigenvalue weighted by atomic mass is 16.5. The quantitative estimate of drug-likeness (QED) is 0.481. The summed E-state index contributed by atoms with van der Waals surface area (Å²) in [4.78, 5) is 22.8. The van der Waals surface area contributed by atoms with E-state index in [1.54, 1.807) is 24.3 Å². The van der Waals surface area contributed by atoms with Gasteiger partial charge in [0.1, 0.15) is 12.3 Å². The number of para-hydroxylation sites is 1. The minimum Gasteiger partial charge on any atom is -0.450 e. The highest BCUT2D eigenvalue weighted by molar-refractivity contribution is 5.79. The smallest absolute Gasteiger partial charge is 0.340 e. The zero-order valence-electron chi connectivity index (χ0n) is 9.01. The number of hydrogen-bond donors (Lipinski definition) is 1. The first-order valence-corrected chi connectivity index (χ1v) is 5.08. The van der Waals surface area contributed by atoms with Crippen LogP contribution >= 0.6 is 0 Å². The van der Waals surface area contributed by atoms with Crippen LogP contribution in [0.5, 0.6) is 0 Å². The van der Waals surface area contributed by atoms with E-state index in [1.807, 2.05) is 6.07 Å². The van der Waals surface area contributed by atoms with Crippen LogP contribution in [0.25, 0.3) is 11.0 Å².